The molecule has 1 aliphatic heterocycles. The van der Waals surface area contributed by atoms with Gasteiger partial charge in [-0.3, -0.25) is 0 Å². The highest BCUT2D eigenvalue weighted by Gasteiger charge is 2.16. The summed E-state index contributed by atoms with van der Waals surface area (Å²) in [5, 5.41) is 7.09. The maximum atomic E-state index is 6.10. The van der Waals surface area contributed by atoms with Crippen LogP contribution in [0.2, 0.25) is 5.02 Å². The third-order valence-electron chi connectivity index (χ3n) is 2.86. The lowest BCUT2D eigenvalue weighted by atomic mass is 10.1. The molecule has 0 bridgehead atoms. The van der Waals surface area contributed by atoms with Crippen LogP contribution < -0.4 is 10.6 Å². The lowest BCUT2D eigenvalue weighted by Crippen LogP contribution is -2.15. The predicted molar refractivity (Wildman–Crippen MR) is 79.7 cm³/mol. The van der Waals surface area contributed by atoms with Gasteiger partial charge in [0.2, 0.25) is 5.95 Å². The van der Waals surface area contributed by atoms with Gasteiger partial charge in [0.1, 0.15) is 10.8 Å². The molecule has 4 nitrogen and oxygen atoms in total. The van der Waals surface area contributed by atoms with Gasteiger partial charge in [0.25, 0.3) is 0 Å². The van der Waals surface area contributed by atoms with Crippen molar-refractivity contribution in [2.45, 2.75) is 19.8 Å². The van der Waals surface area contributed by atoms with Gasteiger partial charge in [0, 0.05) is 13.1 Å². The highest BCUT2D eigenvalue weighted by Crippen LogP contribution is 2.25. The molecule has 100 valence electrons. The monoisotopic (exact) mass is 286 g/mol. The summed E-state index contributed by atoms with van der Waals surface area (Å²) in [6, 6.07) is 0. The van der Waals surface area contributed by atoms with Gasteiger partial charge in [-0.25, -0.2) is 4.98 Å². The van der Waals surface area contributed by atoms with E-state index in [2.05, 4.69) is 27.5 Å². The van der Waals surface area contributed by atoms with Crippen molar-refractivity contribution < 1.29 is 0 Å². The van der Waals surface area contributed by atoms with Crippen LogP contribution in [0.5, 0.6) is 0 Å². The van der Waals surface area contributed by atoms with Crippen molar-refractivity contribution in [2.24, 2.45) is 5.92 Å². The number of anilines is 2. The molecule has 0 amide bonds. The van der Waals surface area contributed by atoms with Gasteiger partial charge >= 0.3 is 0 Å². The summed E-state index contributed by atoms with van der Waals surface area (Å²) in [6.45, 7) is 3.93. The van der Waals surface area contributed by atoms with Crippen LogP contribution >= 0.6 is 23.4 Å². The normalized spacial score (nSPS) is 18.9. The first-order chi connectivity index (χ1) is 8.79. The first kappa shape index (κ1) is 13.7. The molecular formula is C12H19ClN4S. The Kier molecular flexibility index (Phi) is 5.38. The molecule has 0 saturated carbocycles. The topological polar surface area (TPSA) is 49.8 Å². The number of thioether (sulfide) groups is 1. The molecule has 1 aromatic heterocycles. The Morgan fingerprint density at radius 1 is 1.50 bits per heavy atom. The molecule has 0 aromatic carbocycles. The average molecular weight is 287 g/mol. The third-order valence-corrected chi connectivity index (χ3v) is 4.37. The van der Waals surface area contributed by atoms with Crippen molar-refractivity contribution in [3.05, 3.63) is 11.2 Å². The number of halogens is 1. The van der Waals surface area contributed by atoms with Gasteiger partial charge in [-0.1, -0.05) is 18.5 Å². The fourth-order valence-corrected chi connectivity index (χ4v) is 3.24. The van der Waals surface area contributed by atoms with Gasteiger partial charge in [-0.15, -0.1) is 0 Å². The Balaban J connectivity index is 1.92. The van der Waals surface area contributed by atoms with Gasteiger partial charge in [0.15, 0.2) is 0 Å². The van der Waals surface area contributed by atoms with Crippen molar-refractivity contribution >= 4 is 35.1 Å². The molecular weight excluding hydrogens is 268 g/mol. The lowest BCUT2D eigenvalue weighted by molar-refractivity contribution is 0.630. The highest BCUT2D eigenvalue weighted by molar-refractivity contribution is 7.99. The quantitative estimate of drug-likeness (QED) is 0.841. The smallest absolute Gasteiger partial charge is 0.224 e. The number of nitrogens with zero attached hydrogens (tertiary/aromatic N) is 2. The molecule has 6 heteroatoms. The fraction of sp³-hybridized carbons (Fsp3) is 0.667. The Morgan fingerprint density at radius 3 is 3.11 bits per heavy atom. The summed E-state index contributed by atoms with van der Waals surface area (Å²) < 4.78 is 0. The summed E-state index contributed by atoms with van der Waals surface area (Å²) in [6.07, 6.45) is 3.98. The van der Waals surface area contributed by atoms with E-state index < -0.39 is 0 Å². The zero-order valence-electron chi connectivity index (χ0n) is 10.6. The van der Waals surface area contributed by atoms with Crippen molar-refractivity contribution in [2.75, 3.05) is 35.2 Å². The van der Waals surface area contributed by atoms with Crippen LogP contribution in [0.1, 0.15) is 19.8 Å². The maximum Gasteiger partial charge on any atom is 0.224 e. The molecule has 1 fully saturated rings. The van der Waals surface area contributed by atoms with Gasteiger partial charge in [-0.2, -0.15) is 16.7 Å². The second kappa shape index (κ2) is 7.04. The van der Waals surface area contributed by atoms with E-state index in [9.17, 15) is 0 Å². The van der Waals surface area contributed by atoms with Crippen LogP contribution in [0.4, 0.5) is 11.8 Å². The minimum Gasteiger partial charge on any atom is -0.368 e. The van der Waals surface area contributed by atoms with Crippen molar-refractivity contribution in [3.8, 4) is 0 Å². The molecule has 2 rings (SSSR count). The van der Waals surface area contributed by atoms with E-state index in [1.54, 1.807) is 6.20 Å². The maximum absolute atomic E-state index is 6.10. The van der Waals surface area contributed by atoms with Crippen LogP contribution in [0, 0.1) is 5.92 Å². The van der Waals surface area contributed by atoms with Crippen LogP contribution in [-0.4, -0.2) is 34.6 Å². The third kappa shape index (κ3) is 3.92. The average Bonchev–Trinajstić information content (AvgIpc) is 2.89. The van der Waals surface area contributed by atoms with Crippen molar-refractivity contribution in [3.63, 3.8) is 0 Å². The number of nitrogens with one attached hydrogen (secondary N) is 2. The standard InChI is InChI=1S/C12H19ClN4S/c1-2-4-14-12-16-7-10(13)11(17-12)15-6-9-3-5-18-8-9/h7,9H,2-6,8H2,1H3,(H2,14,15,16,17). The van der Waals surface area contributed by atoms with Crippen LogP contribution in [-0.2, 0) is 0 Å². The Bertz CT molecular complexity index is 382. The lowest BCUT2D eigenvalue weighted by Gasteiger charge is -2.12. The molecule has 0 aliphatic carbocycles. The molecule has 1 saturated heterocycles. The summed E-state index contributed by atoms with van der Waals surface area (Å²) in [5.41, 5.74) is 0. The van der Waals surface area contributed by atoms with Crippen LogP contribution in [0.3, 0.4) is 0 Å². The highest BCUT2D eigenvalue weighted by atomic mass is 35.5. The zero-order chi connectivity index (χ0) is 12.8. The molecule has 0 radical (unpaired) electrons. The molecule has 1 aromatic rings. The molecule has 2 heterocycles. The number of hydrogen-bond acceptors (Lipinski definition) is 5. The van der Waals surface area contributed by atoms with Gasteiger partial charge in [-0.05, 0) is 30.3 Å². The number of rotatable bonds is 6. The van der Waals surface area contributed by atoms with E-state index >= 15 is 0 Å². The van der Waals surface area contributed by atoms with Crippen LogP contribution in [0.15, 0.2) is 6.20 Å². The van der Waals surface area contributed by atoms with Crippen LogP contribution in [0.25, 0.3) is 0 Å². The Morgan fingerprint density at radius 2 is 2.39 bits per heavy atom. The van der Waals surface area contributed by atoms with E-state index in [4.69, 9.17) is 11.6 Å². The largest absolute Gasteiger partial charge is 0.368 e. The molecule has 0 spiro atoms. The minimum atomic E-state index is 0.586. The van der Waals surface area contributed by atoms with E-state index in [0.29, 0.717) is 11.0 Å². The fourth-order valence-electron chi connectivity index (χ4n) is 1.80. The van der Waals surface area contributed by atoms with E-state index in [1.165, 1.54) is 17.9 Å². The summed E-state index contributed by atoms with van der Waals surface area (Å²) in [4.78, 5) is 8.56. The first-order valence-corrected chi connectivity index (χ1v) is 7.91. The molecule has 18 heavy (non-hydrogen) atoms. The first-order valence-electron chi connectivity index (χ1n) is 6.37. The van der Waals surface area contributed by atoms with Gasteiger partial charge < -0.3 is 10.6 Å². The van der Waals surface area contributed by atoms with Crippen molar-refractivity contribution in [1.82, 2.24) is 9.97 Å². The predicted octanol–water partition coefficient (Wildman–Crippen LogP) is 3.12. The van der Waals surface area contributed by atoms with E-state index in [0.717, 1.165) is 31.2 Å². The second-order valence-corrected chi connectivity index (χ2v) is 5.98. The van der Waals surface area contributed by atoms with Crippen molar-refractivity contribution in [1.29, 1.82) is 0 Å². The molecule has 1 atom stereocenters. The minimum absolute atomic E-state index is 0.586. The number of aromatic nitrogens is 2. The summed E-state index contributed by atoms with van der Waals surface area (Å²) in [7, 11) is 0. The summed E-state index contributed by atoms with van der Waals surface area (Å²) >= 11 is 8.11. The number of hydrogen-bond donors (Lipinski definition) is 2. The molecule has 1 unspecified atom stereocenters. The van der Waals surface area contributed by atoms with E-state index in [-0.39, 0.29) is 0 Å². The zero-order valence-corrected chi connectivity index (χ0v) is 12.2. The molecule has 1 aliphatic rings. The summed E-state index contributed by atoms with van der Waals surface area (Å²) in [5.74, 6) is 4.61. The van der Waals surface area contributed by atoms with E-state index in [1.807, 2.05) is 11.8 Å². The SMILES string of the molecule is CCCNc1ncc(Cl)c(NCC2CCSC2)n1. The second-order valence-electron chi connectivity index (χ2n) is 4.43. The Hall–Kier alpha value is -0.680. The molecule has 2 N–H and O–H groups in total. The Labute approximate surface area is 117 Å². The van der Waals surface area contributed by atoms with Gasteiger partial charge in [0.05, 0.1) is 6.20 Å².